The largest absolute Gasteiger partial charge is 0.494 e. The van der Waals surface area contributed by atoms with E-state index in [1.807, 2.05) is 31.2 Å². The monoisotopic (exact) mass is 427 g/mol. The van der Waals surface area contributed by atoms with Gasteiger partial charge < -0.3 is 23.8 Å². The van der Waals surface area contributed by atoms with E-state index in [2.05, 4.69) is 0 Å². The number of carbonyl (C=O) groups is 2. The van der Waals surface area contributed by atoms with Gasteiger partial charge in [-0.3, -0.25) is 4.79 Å². The van der Waals surface area contributed by atoms with E-state index in [1.54, 1.807) is 31.3 Å². The summed E-state index contributed by atoms with van der Waals surface area (Å²) < 4.78 is 21.8. The summed E-state index contributed by atoms with van der Waals surface area (Å²) in [5, 5.41) is 0. The summed E-state index contributed by atoms with van der Waals surface area (Å²) in [6.07, 6.45) is 2.20. The highest BCUT2D eigenvalue weighted by atomic mass is 16.5. The summed E-state index contributed by atoms with van der Waals surface area (Å²) in [6, 6.07) is 14.2. The van der Waals surface area contributed by atoms with Gasteiger partial charge in [0.25, 0.3) is 5.91 Å². The molecule has 0 aliphatic carbocycles. The van der Waals surface area contributed by atoms with Crippen LogP contribution in [0.25, 0.3) is 0 Å². The molecule has 0 bridgehead atoms. The Hall–Kier alpha value is -3.06. The number of rotatable bonds is 10. The third-order valence-corrected chi connectivity index (χ3v) is 4.96. The van der Waals surface area contributed by atoms with Crippen molar-refractivity contribution in [1.82, 2.24) is 4.90 Å². The number of benzene rings is 2. The first-order valence-electron chi connectivity index (χ1n) is 10.5. The Bertz CT molecular complexity index is 843. The van der Waals surface area contributed by atoms with E-state index in [1.165, 1.54) is 4.90 Å². The molecule has 7 heteroatoms. The van der Waals surface area contributed by atoms with Crippen LogP contribution >= 0.6 is 0 Å². The zero-order chi connectivity index (χ0) is 22.1. The number of hydrogen-bond donors (Lipinski definition) is 0. The van der Waals surface area contributed by atoms with Crippen LogP contribution in [0.4, 0.5) is 0 Å². The molecule has 1 saturated heterocycles. The van der Waals surface area contributed by atoms with Gasteiger partial charge in [-0.1, -0.05) is 12.1 Å². The Balaban J connectivity index is 1.41. The smallest absolute Gasteiger partial charge is 0.338 e. The summed E-state index contributed by atoms with van der Waals surface area (Å²) in [5.74, 6) is 0.628. The Morgan fingerprint density at radius 3 is 2.35 bits per heavy atom. The van der Waals surface area contributed by atoms with Gasteiger partial charge in [0.1, 0.15) is 18.1 Å². The van der Waals surface area contributed by atoms with Crippen molar-refractivity contribution in [3.8, 4) is 11.5 Å². The molecule has 1 amide bonds. The van der Waals surface area contributed by atoms with E-state index in [-0.39, 0.29) is 18.6 Å². The first-order valence-corrected chi connectivity index (χ1v) is 10.5. The highest BCUT2D eigenvalue weighted by Crippen LogP contribution is 2.17. The number of amides is 1. The van der Waals surface area contributed by atoms with Crippen LogP contribution in [0.1, 0.15) is 35.7 Å². The van der Waals surface area contributed by atoms with Crippen molar-refractivity contribution in [2.75, 3.05) is 33.5 Å². The van der Waals surface area contributed by atoms with Gasteiger partial charge >= 0.3 is 5.97 Å². The standard InChI is InChI=1S/C24H29NO6/c1-3-28-20-10-6-18(7-11-20)15-25(2)23(26)17-31-24(27)19-8-12-21(13-9-19)30-16-22-5-4-14-29-22/h6-13,22H,3-5,14-17H2,1-2H3/t22-/m1/s1. The first kappa shape index (κ1) is 22.6. The number of carbonyl (C=O) groups excluding carboxylic acids is 2. The molecular weight excluding hydrogens is 398 g/mol. The summed E-state index contributed by atoms with van der Waals surface area (Å²) in [5.41, 5.74) is 1.33. The predicted molar refractivity (Wildman–Crippen MR) is 115 cm³/mol. The maximum absolute atomic E-state index is 12.3. The number of hydrogen-bond acceptors (Lipinski definition) is 6. The predicted octanol–water partition coefficient (Wildman–Crippen LogP) is 3.46. The number of likely N-dealkylation sites (N-methyl/N-ethyl adjacent to an activating group) is 1. The van der Waals surface area contributed by atoms with Crippen molar-refractivity contribution in [2.24, 2.45) is 0 Å². The molecule has 7 nitrogen and oxygen atoms in total. The van der Waals surface area contributed by atoms with Crippen molar-refractivity contribution in [3.05, 3.63) is 59.7 Å². The highest BCUT2D eigenvalue weighted by Gasteiger charge is 2.17. The zero-order valence-corrected chi connectivity index (χ0v) is 18.0. The molecule has 0 radical (unpaired) electrons. The quantitative estimate of drug-likeness (QED) is 0.541. The minimum Gasteiger partial charge on any atom is -0.494 e. The van der Waals surface area contributed by atoms with Crippen LogP contribution in [0.15, 0.2) is 48.5 Å². The minimum atomic E-state index is -0.548. The normalized spacial score (nSPS) is 15.4. The van der Waals surface area contributed by atoms with E-state index in [0.29, 0.717) is 31.1 Å². The van der Waals surface area contributed by atoms with Gasteiger partial charge in [-0.2, -0.15) is 0 Å². The molecule has 2 aromatic rings. The molecule has 3 rings (SSSR count). The molecule has 1 heterocycles. The second-order valence-corrected chi connectivity index (χ2v) is 7.37. The molecule has 1 atom stereocenters. The number of esters is 1. The Kier molecular flexibility index (Phi) is 8.29. The fraction of sp³-hybridized carbons (Fsp3) is 0.417. The maximum atomic E-state index is 12.3. The van der Waals surface area contributed by atoms with E-state index in [0.717, 1.165) is 30.8 Å². The van der Waals surface area contributed by atoms with Gasteiger partial charge in [0.15, 0.2) is 6.61 Å². The van der Waals surface area contributed by atoms with E-state index >= 15 is 0 Å². The molecule has 0 unspecified atom stereocenters. The summed E-state index contributed by atoms with van der Waals surface area (Å²) in [4.78, 5) is 26.1. The molecular formula is C24H29NO6. The summed E-state index contributed by atoms with van der Waals surface area (Å²) >= 11 is 0. The fourth-order valence-corrected chi connectivity index (χ4v) is 3.19. The number of nitrogens with zero attached hydrogens (tertiary/aromatic N) is 1. The Morgan fingerprint density at radius 2 is 1.71 bits per heavy atom. The van der Waals surface area contributed by atoms with E-state index < -0.39 is 5.97 Å². The molecule has 0 N–H and O–H groups in total. The van der Waals surface area contributed by atoms with Crippen LogP contribution < -0.4 is 9.47 Å². The van der Waals surface area contributed by atoms with Crippen LogP contribution in [0.5, 0.6) is 11.5 Å². The van der Waals surface area contributed by atoms with Crippen LogP contribution in [-0.4, -0.2) is 56.4 Å². The molecule has 2 aromatic carbocycles. The highest BCUT2D eigenvalue weighted by molar-refractivity contribution is 5.91. The fourth-order valence-electron chi connectivity index (χ4n) is 3.19. The van der Waals surface area contributed by atoms with Crippen molar-refractivity contribution < 1.29 is 28.5 Å². The molecule has 166 valence electrons. The maximum Gasteiger partial charge on any atom is 0.338 e. The first-order chi connectivity index (χ1) is 15.0. The van der Waals surface area contributed by atoms with Crippen LogP contribution in [0, 0.1) is 0 Å². The average Bonchev–Trinajstić information content (AvgIpc) is 3.31. The molecule has 1 fully saturated rings. The molecule has 0 aromatic heterocycles. The van der Waals surface area contributed by atoms with Crippen LogP contribution in [-0.2, 0) is 20.8 Å². The molecule has 0 saturated carbocycles. The van der Waals surface area contributed by atoms with Crippen molar-refractivity contribution in [1.29, 1.82) is 0 Å². The molecule has 31 heavy (non-hydrogen) atoms. The lowest BCUT2D eigenvalue weighted by Crippen LogP contribution is -2.30. The van der Waals surface area contributed by atoms with Crippen LogP contribution in [0.2, 0.25) is 0 Å². The third-order valence-electron chi connectivity index (χ3n) is 4.96. The molecule has 1 aliphatic rings. The SMILES string of the molecule is CCOc1ccc(CN(C)C(=O)COC(=O)c2ccc(OC[C@H]3CCCO3)cc2)cc1. The summed E-state index contributed by atoms with van der Waals surface area (Å²) in [7, 11) is 1.67. The second-order valence-electron chi connectivity index (χ2n) is 7.37. The lowest BCUT2D eigenvalue weighted by molar-refractivity contribution is -0.133. The molecule has 0 spiro atoms. The van der Waals surface area contributed by atoms with Crippen molar-refractivity contribution in [2.45, 2.75) is 32.4 Å². The Labute approximate surface area is 182 Å². The topological polar surface area (TPSA) is 74.3 Å². The van der Waals surface area contributed by atoms with Crippen molar-refractivity contribution in [3.63, 3.8) is 0 Å². The van der Waals surface area contributed by atoms with Gasteiger partial charge in [-0.25, -0.2) is 4.79 Å². The zero-order valence-electron chi connectivity index (χ0n) is 18.0. The van der Waals surface area contributed by atoms with Gasteiger partial charge in [0.2, 0.25) is 0 Å². The lowest BCUT2D eigenvalue weighted by Gasteiger charge is -2.17. The van der Waals surface area contributed by atoms with Gasteiger partial charge in [0.05, 0.1) is 18.3 Å². The number of ether oxygens (including phenoxy) is 4. The summed E-state index contributed by atoms with van der Waals surface area (Å²) in [6.45, 7) is 3.92. The van der Waals surface area contributed by atoms with Gasteiger partial charge in [0, 0.05) is 20.2 Å². The lowest BCUT2D eigenvalue weighted by atomic mass is 10.2. The van der Waals surface area contributed by atoms with Crippen LogP contribution in [0.3, 0.4) is 0 Å². The average molecular weight is 427 g/mol. The second kappa shape index (κ2) is 11.4. The van der Waals surface area contributed by atoms with E-state index in [4.69, 9.17) is 18.9 Å². The minimum absolute atomic E-state index is 0.134. The van der Waals surface area contributed by atoms with E-state index in [9.17, 15) is 9.59 Å². The van der Waals surface area contributed by atoms with Crippen molar-refractivity contribution >= 4 is 11.9 Å². The Morgan fingerprint density at radius 1 is 1.03 bits per heavy atom. The van der Waals surface area contributed by atoms with Gasteiger partial charge in [-0.05, 0) is 61.7 Å². The van der Waals surface area contributed by atoms with Gasteiger partial charge in [-0.15, -0.1) is 0 Å². The molecule has 1 aliphatic heterocycles. The third kappa shape index (κ3) is 7.00.